The molecule has 0 spiro atoms. The number of ether oxygens (including phenoxy) is 1. The summed E-state index contributed by atoms with van der Waals surface area (Å²) in [4.78, 5) is 12.9. The van der Waals surface area contributed by atoms with E-state index in [1.54, 1.807) is 24.0 Å². The van der Waals surface area contributed by atoms with Crippen LogP contribution in [-0.4, -0.2) is 20.8 Å². The van der Waals surface area contributed by atoms with E-state index in [2.05, 4.69) is 46.8 Å². The molecule has 0 aliphatic rings. The Morgan fingerprint density at radius 2 is 1.88 bits per heavy atom. The molecule has 7 heteroatoms. The van der Waals surface area contributed by atoms with Crippen molar-refractivity contribution in [3.05, 3.63) is 94.1 Å². The first-order chi connectivity index (χ1) is 15.4. The number of rotatable bonds is 7. The molecule has 0 saturated carbocycles. The predicted molar refractivity (Wildman–Crippen MR) is 122 cm³/mol. The van der Waals surface area contributed by atoms with Gasteiger partial charge in [-0.2, -0.15) is 5.10 Å². The molecule has 0 fully saturated rings. The minimum absolute atomic E-state index is 0.190. The monoisotopic (exact) mass is 430 g/mol. The molecule has 2 aromatic heterocycles. The number of hydrogen-bond acceptors (Lipinski definition) is 5. The van der Waals surface area contributed by atoms with Gasteiger partial charge in [-0.05, 0) is 50.5 Å². The van der Waals surface area contributed by atoms with Gasteiger partial charge in [0.25, 0.3) is 5.91 Å². The first-order valence-corrected chi connectivity index (χ1v) is 10.4. The zero-order chi connectivity index (χ0) is 22.7. The standard InChI is InChI=1S/C25H26N4O3/c1-16-8-10-20(11-9-16)13-29-14-21(12-26-29)27-25(30)24-22(19(4)32-28-24)15-31-23-7-5-6-17(2)18(23)3/h5-12,14H,13,15H2,1-4H3,(H,27,30). The van der Waals surface area contributed by atoms with E-state index in [0.29, 0.717) is 23.6 Å². The first kappa shape index (κ1) is 21.4. The molecule has 0 bridgehead atoms. The van der Waals surface area contributed by atoms with Crippen molar-refractivity contribution in [3.63, 3.8) is 0 Å². The van der Waals surface area contributed by atoms with E-state index < -0.39 is 0 Å². The van der Waals surface area contributed by atoms with E-state index >= 15 is 0 Å². The molecule has 0 saturated heterocycles. The summed E-state index contributed by atoms with van der Waals surface area (Å²) >= 11 is 0. The third kappa shape index (κ3) is 4.72. The molecule has 0 radical (unpaired) electrons. The Balaban J connectivity index is 1.43. The second-order valence-corrected chi connectivity index (χ2v) is 7.92. The van der Waals surface area contributed by atoms with Crippen LogP contribution in [0.15, 0.2) is 59.4 Å². The van der Waals surface area contributed by atoms with Crippen LogP contribution < -0.4 is 10.1 Å². The van der Waals surface area contributed by atoms with Gasteiger partial charge in [-0.3, -0.25) is 9.48 Å². The Kier molecular flexibility index (Phi) is 6.07. The highest BCUT2D eigenvalue weighted by Gasteiger charge is 2.21. The summed E-state index contributed by atoms with van der Waals surface area (Å²) < 4.78 is 13.0. The summed E-state index contributed by atoms with van der Waals surface area (Å²) in [6, 6.07) is 14.1. The van der Waals surface area contributed by atoms with Gasteiger partial charge in [0.2, 0.25) is 0 Å². The molecule has 4 rings (SSSR count). The van der Waals surface area contributed by atoms with Crippen molar-refractivity contribution in [1.29, 1.82) is 0 Å². The van der Waals surface area contributed by atoms with Crippen LogP contribution >= 0.6 is 0 Å². The van der Waals surface area contributed by atoms with Gasteiger partial charge >= 0.3 is 0 Å². The van der Waals surface area contributed by atoms with Crippen molar-refractivity contribution in [2.24, 2.45) is 0 Å². The molecule has 7 nitrogen and oxygen atoms in total. The summed E-state index contributed by atoms with van der Waals surface area (Å²) in [6.45, 7) is 8.67. The van der Waals surface area contributed by atoms with Crippen molar-refractivity contribution < 1.29 is 14.1 Å². The Labute approximate surface area is 187 Å². The minimum atomic E-state index is -0.365. The number of nitrogens with one attached hydrogen (secondary N) is 1. The van der Waals surface area contributed by atoms with Crippen LogP contribution in [0.25, 0.3) is 0 Å². The fourth-order valence-electron chi connectivity index (χ4n) is 3.36. The van der Waals surface area contributed by atoms with E-state index in [4.69, 9.17) is 9.26 Å². The highest BCUT2D eigenvalue weighted by Crippen LogP contribution is 2.24. The summed E-state index contributed by atoms with van der Waals surface area (Å²) in [5.74, 6) is 0.959. The molecule has 32 heavy (non-hydrogen) atoms. The van der Waals surface area contributed by atoms with Crippen LogP contribution in [0.5, 0.6) is 5.75 Å². The normalized spacial score (nSPS) is 10.9. The molecule has 1 amide bonds. The number of benzene rings is 2. The third-order valence-corrected chi connectivity index (χ3v) is 5.48. The molecule has 164 valence electrons. The van der Waals surface area contributed by atoms with Crippen LogP contribution in [0.3, 0.4) is 0 Å². The summed E-state index contributed by atoms with van der Waals surface area (Å²) in [7, 11) is 0. The molecular formula is C25H26N4O3. The van der Waals surface area contributed by atoms with Crippen LogP contribution in [0.2, 0.25) is 0 Å². The van der Waals surface area contributed by atoms with Crippen LogP contribution in [0.4, 0.5) is 5.69 Å². The van der Waals surface area contributed by atoms with Crippen molar-refractivity contribution in [2.45, 2.75) is 40.8 Å². The topological polar surface area (TPSA) is 82.2 Å². The van der Waals surface area contributed by atoms with Crippen molar-refractivity contribution in [1.82, 2.24) is 14.9 Å². The van der Waals surface area contributed by atoms with E-state index in [9.17, 15) is 4.79 Å². The number of anilines is 1. The van der Waals surface area contributed by atoms with Gasteiger partial charge in [-0.1, -0.05) is 47.1 Å². The number of aromatic nitrogens is 3. The van der Waals surface area contributed by atoms with E-state index in [0.717, 1.165) is 22.4 Å². The van der Waals surface area contributed by atoms with E-state index in [-0.39, 0.29) is 18.2 Å². The molecule has 0 atom stereocenters. The van der Waals surface area contributed by atoms with E-state index in [1.165, 1.54) is 5.56 Å². The van der Waals surface area contributed by atoms with Gasteiger partial charge in [0.1, 0.15) is 18.1 Å². The first-order valence-electron chi connectivity index (χ1n) is 10.4. The Morgan fingerprint density at radius 1 is 1.09 bits per heavy atom. The number of carbonyl (C=O) groups is 1. The molecule has 0 unspecified atom stereocenters. The lowest BCUT2D eigenvalue weighted by Gasteiger charge is -2.11. The van der Waals surface area contributed by atoms with Gasteiger partial charge in [0.15, 0.2) is 5.69 Å². The second-order valence-electron chi connectivity index (χ2n) is 7.92. The van der Waals surface area contributed by atoms with Gasteiger partial charge in [0, 0.05) is 6.20 Å². The maximum absolute atomic E-state index is 12.9. The smallest absolute Gasteiger partial charge is 0.278 e. The van der Waals surface area contributed by atoms with Gasteiger partial charge in [-0.25, -0.2) is 0 Å². The lowest BCUT2D eigenvalue weighted by molar-refractivity contribution is 0.101. The van der Waals surface area contributed by atoms with E-state index in [1.807, 2.05) is 32.0 Å². The summed E-state index contributed by atoms with van der Waals surface area (Å²) in [5.41, 5.74) is 5.97. The number of amides is 1. The van der Waals surface area contributed by atoms with Crippen LogP contribution in [0.1, 0.15) is 44.1 Å². The molecular weight excluding hydrogens is 404 g/mol. The maximum Gasteiger partial charge on any atom is 0.278 e. The Bertz CT molecular complexity index is 1240. The SMILES string of the molecule is Cc1ccc(Cn2cc(NC(=O)c3noc(C)c3COc3cccc(C)c3C)cn2)cc1. The van der Waals surface area contributed by atoms with Gasteiger partial charge in [0.05, 0.1) is 24.0 Å². The average molecular weight is 431 g/mol. The third-order valence-electron chi connectivity index (χ3n) is 5.48. The molecule has 2 heterocycles. The molecule has 0 aliphatic carbocycles. The summed E-state index contributed by atoms with van der Waals surface area (Å²) in [5, 5.41) is 11.1. The molecule has 0 aliphatic heterocycles. The highest BCUT2D eigenvalue weighted by atomic mass is 16.5. The minimum Gasteiger partial charge on any atom is -0.488 e. The Morgan fingerprint density at radius 3 is 2.66 bits per heavy atom. The largest absolute Gasteiger partial charge is 0.488 e. The number of aryl methyl sites for hydroxylation is 3. The fraction of sp³-hybridized carbons (Fsp3) is 0.240. The second kappa shape index (κ2) is 9.09. The van der Waals surface area contributed by atoms with Crippen molar-refractivity contribution >= 4 is 11.6 Å². The van der Waals surface area contributed by atoms with Crippen LogP contribution in [-0.2, 0) is 13.2 Å². The zero-order valence-corrected chi connectivity index (χ0v) is 18.7. The highest BCUT2D eigenvalue weighted by molar-refractivity contribution is 6.03. The molecule has 2 aromatic carbocycles. The Hall–Kier alpha value is -3.87. The predicted octanol–water partition coefficient (Wildman–Crippen LogP) is 4.98. The average Bonchev–Trinajstić information content (AvgIpc) is 3.37. The number of carbonyl (C=O) groups excluding carboxylic acids is 1. The van der Waals surface area contributed by atoms with Crippen molar-refractivity contribution in [2.75, 3.05) is 5.32 Å². The number of hydrogen-bond donors (Lipinski definition) is 1. The molecule has 4 aromatic rings. The van der Waals surface area contributed by atoms with Gasteiger partial charge in [-0.15, -0.1) is 0 Å². The fourth-order valence-corrected chi connectivity index (χ4v) is 3.36. The number of nitrogens with zero attached hydrogens (tertiary/aromatic N) is 3. The summed E-state index contributed by atoms with van der Waals surface area (Å²) in [6.07, 6.45) is 3.41. The zero-order valence-electron chi connectivity index (χ0n) is 18.7. The molecule has 1 N–H and O–H groups in total. The van der Waals surface area contributed by atoms with Gasteiger partial charge < -0.3 is 14.6 Å². The maximum atomic E-state index is 12.9. The van der Waals surface area contributed by atoms with Crippen LogP contribution in [0, 0.1) is 27.7 Å². The lowest BCUT2D eigenvalue weighted by Crippen LogP contribution is -2.15. The van der Waals surface area contributed by atoms with Crippen molar-refractivity contribution in [3.8, 4) is 5.75 Å². The quantitative estimate of drug-likeness (QED) is 0.447. The lowest BCUT2D eigenvalue weighted by atomic mass is 10.1.